The first-order chi connectivity index (χ1) is 12.1. The maximum atomic E-state index is 13.2. The maximum Gasteiger partial charge on any atom is 0.267 e. The minimum absolute atomic E-state index is 0.0560. The number of ether oxygens (including phenoxy) is 2. The SMILES string of the molecule is O=C1[C@H](Oc2ccc(F)cc2Cl)[C@H](c2cscn2)N1C[C@@H]1CCCO1. The predicted octanol–water partition coefficient (Wildman–Crippen LogP) is 3.45. The lowest BCUT2D eigenvalue weighted by Gasteiger charge is -2.46. The van der Waals surface area contributed by atoms with Gasteiger partial charge in [0.05, 0.1) is 22.3 Å². The first kappa shape index (κ1) is 16.8. The van der Waals surface area contributed by atoms with Crippen LogP contribution in [0.4, 0.5) is 4.39 Å². The molecule has 2 aliphatic rings. The van der Waals surface area contributed by atoms with Crippen molar-refractivity contribution < 1.29 is 18.7 Å². The minimum Gasteiger partial charge on any atom is -0.476 e. The van der Waals surface area contributed by atoms with Crippen molar-refractivity contribution in [2.45, 2.75) is 31.1 Å². The van der Waals surface area contributed by atoms with Gasteiger partial charge in [-0.3, -0.25) is 4.79 Å². The van der Waals surface area contributed by atoms with E-state index in [9.17, 15) is 9.18 Å². The van der Waals surface area contributed by atoms with Crippen molar-refractivity contribution in [3.8, 4) is 5.75 Å². The van der Waals surface area contributed by atoms with Gasteiger partial charge in [-0.2, -0.15) is 0 Å². The van der Waals surface area contributed by atoms with Gasteiger partial charge >= 0.3 is 0 Å². The zero-order valence-corrected chi connectivity index (χ0v) is 14.8. The summed E-state index contributed by atoms with van der Waals surface area (Å²) in [4.78, 5) is 18.7. The molecule has 2 aromatic rings. The van der Waals surface area contributed by atoms with Gasteiger partial charge in [-0.25, -0.2) is 9.37 Å². The fraction of sp³-hybridized carbons (Fsp3) is 0.412. The standard InChI is InChI=1S/C17H16ClFN2O3S/c18-12-6-10(19)3-4-14(12)24-16-15(13-8-25-9-20-13)21(17(16)22)7-11-2-1-5-23-11/h3-4,6,8-9,11,15-16H,1-2,5,7H2/t11-,15-,16+/m0/s1. The molecular formula is C17H16ClFN2O3S. The molecule has 0 aliphatic carbocycles. The number of likely N-dealkylation sites (tertiary alicyclic amines) is 1. The van der Waals surface area contributed by atoms with E-state index >= 15 is 0 Å². The number of amides is 1. The van der Waals surface area contributed by atoms with E-state index in [1.807, 2.05) is 5.38 Å². The second-order valence-electron chi connectivity index (χ2n) is 6.10. The van der Waals surface area contributed by atoms with Crippen molar-refractivity contribution in [3.63, 3.8) is 0 Å². The molecule has 0 bridgehead atoms. The Hall–Kier alpha value is -1.70. The van der Waals surface area contributed by atoms with Gasteiger partial charge in [0.25, 0.3) is 5.91 Å². The van der Waals surface area contributed by atoms with E-state index < -0.39 is 11.9 Å². The Morgan fingerprint density at radius 1 is 1.48 bits per heavy atom. The second kappa shape index (κ2) is 6.90. The zero-order chi connectivity index (χ0) is 17.4. The molecule has 3 atom stereocenters. The van der Waals surface area contributed by atoms with Crippen LogP contribution in [0.5, 0.6) is 5.75 Å². The molecule has 5 nitrogen and oxygen atoms in total. The van der Waals surface area contributed by atoms with E-state index in [-0.39, 0.29) is 23.1 Å². The fourth-order valence-electron chi connectivity index (χ4n) is 3.23. The van der Waals surface area contributed by atoms with Crippen LogP contribution in [0, 0.1) is 5.82 Å². The Morgan fingerprint density at radius 2 is 2.36 bits per heavy atom. The Bertz CT molecular complexity index is 767. The van der Waals surface area contributed by atoms with Gasteiger partial charge < -0.3 is 14.4 Å². The number of β-lactam (4-membered cyclic amide) rings is 1. The Morgan fingerprint density at radius 3 is 3.04 bits per heavy atom. The lowest BCUT2D eigenvalue weighted by atomic mass is 9.94. The highest BCUT2D eigenvalue weighted by atomic mass is 35.5. The number of rotatable bonds is 5. The molecule has 0 unspecified atom stereocenters. The smallest absolute Gasteiger partial charge is 0.267 e. The number of carbonyl (C=O) groups is 1. The van der Waals surface area contributed by atoms with Crippen LogP contribution in [0.3, 0.4) is 0 Å². The molecular weight excluding hydrogens is 367 g/mol. The average Bonchev–Trinajstić information content (AvgIpc) is 3.28. The Balaban J connectivity index is 1.55. The summed E-state index contributed by atoms with van der Waals surface area (Å²) >= 11 is 7.49. The number of benzene rings is 1. The number of hydrogen-bond acceptors (Lipinski definition) is 5. The molecule has 3 heterocycles. The molecule has 8 heteroatoms. The Labute approximate surface area is 153 Å². The van der Waals surface area contributed by atoms with Crippen LogP contribution in [-0.4, -0.2) is 41.2 Å². The van der Waals surface area contributed by atoms with E-state index in [1.165, 1.54) is 29.5 Å². The zero-order valence-electron chi connectivity index (χ0n) is 13.2. The third kappa shape index (κ3) is 3.23. The third-order valence-electron chi connectivity index (χ3n) is 4.48. The van der Waals surface area contributed by atoms with Crippen LogP contribution >= 0.6 is 22.9 Å². The van der Waals surface area contributed by atoms with Crippen LogP contribution in [-0.2, 0) is 9.53 Å². The highest BCUT2D eigenvalue weighted by Gasteiger charge is 2.52. The number of hydrogen-bond donors (Lipinski definition) is 0. The number of carbonyl (C=O) groups excluding carboxylic acids is 1. The van der Waals surface area contributed by atoms with E-state index in [2.05, 4.69) is 4.98 Å². The van der Waals surface area contributed by atoms with Crippen LogP contribution in [0.15, 0.2) is 29.1 Å². The number of thiazole rings is 1. The van der Waals surface area contributed by atoms with Gasteiger partial charge in [0.2, 0.25) is 6.10 Å². The van der Waals surface area contributed by atoms with E-state index in [4.69, 9.17) is 21.1 Å². The molecule has 1 amide bonds. The summed E-state index contributed by atoms with van der Waals surface area (Å²) in [7, 11) is 0. The van der Waals surface area contributed by atoms with Crippen LogP contribution in [0.25, 0.3) is 0 Å². The van der Waals surface area contributed by atoms with Crippen LogP contribution in [0.2, 0.25) is 5.02 Å². The molecule has 0 N–H and O–H groups in total. The quantitative estimate of drug-likeness (QED) is 0.743. The lowest BCUT2D eigenvalue weighted by molar-refractivity contribution is -0.167. The van der Waals surface area contributed by atoms with Crippen molar-refractivity contribution >= 4 is 28.8 Å². The summed E-state index contributed by atoms with van der Waals surface area (Å²) in [6, 6.07) is 3.57. The molecule has 25 heavy (non-hydrogen) atoms. The summed E-state index contributed by atoms with van der Waals surface area (Å²) in [5, 5.41) is 2.05. The summed E-state index contributed by atoms with van der Waals surface area (Å²) in [6.07, 6.45) is 1.30. The van der Waals surface area contributed by atoms with Crippen LogP contribution < -0.4 is 4.74 Å². The highest BCUT2D eigenvalue weighted by molar-refractivity contribution is 7.07. The van der Waals surface area contributed by atoms with Gasteiger partial charge in [0, 0.05) is 18.5 Å². The van der Waals surface area contributed by atoms with Crippen molar-refractivity contribution in [2.24, 2.45) is 0 Å². The van der Waals surface area contributed by atoms with Gasteiger partial charge in [-0.1, -0.05) is 11.6 Å². The van der Waals surface area contributed by atoms with Crippen LogP contribution in [0.1, 0.15) is 24.6 Å². The van der Waals surface area contributed by atoms with Gasteiger partial charge in [0.1, 0.15) is 17.6 Å². The molecule has 2 saturated heterocycles. The summed E-state index contributed by atoms with van der Waals surface area (Å²) in [5.41, 5.74) is 2.51. The molecule has 0 saturated carbocycles. The van der Waals surface area contributed by atoms with Crippen molar-refractivity contribution in [3.05, 3.63) is 45.6 Å². The van der Waals surface area contributed by atoms with Gasteiger partial charge in [0.15, 0.2) is 0 Å². The first-order valence-corrected chi connectivity index (χ1v) is 9.37. The lowest BCUT2D eigenvalue weighted by Crippen LogP contribution is -2.62. The maximum absolute atomic E-state index is 13.2. The summed E-state index contributed by atoms with van der Waals surface area (Å²) < 4.78 is 24.7. The highest BCUT2D eigenvalue weighted by Crippen LogP contribution is 2.39. The number of halogens is 2. The fourth-order valence-corrected chi connectivity index (χ4v) is 4.03. The molecule has 132 valence electrons. The molecule has 1 aromatic carbocycles. The topological polar surface area (TPSA) is 51.7 Å². The monoisotopic (exact) mass is 382 g/mol. The van der Waals surface area contributed by atoms with E-state index in [0.29, 0.717) is 12.3 Å². The van der Waals surface area contributed by atoms with E-state index in [0.717, 1.165) is 25.1 Å². The van der Waals surface area contributed by atoms with E-state index in [1.54, 1.807) is 10.4 Å². The largest absolute Gasteiger partial charge is 0.476 e. The predicted molar refractivity (Wildman–Crippen MR) is 91.4 cm³/mol. The number of aromatic nitrogens is 1. The van der Waals surface area contributed by atoms with Crippen molar-refractivity contribution in [2.75, 3.05) is 13.2 Å². The summed E-state index contributed by atoms with van der Waals surface area (Å²) in [6.45, 7) is 1.26. The Kier molecular flexibility index (Phi) is 4.62. The van der Waals surface area contributed by atoms with Gasteiger partial charge in [-0.05, 0) is 31.0 Å². The van der Waals surface area contributed by atoms with Crippen molar-refractivity contribution in [1.82, 2.24) is 9.88 Å². The normalized spacial score (nSPS) is 25.9. The molecule has 2 aliphatic heterocycles. The molecule has 1 aromatic heterocycles. The minimum atomic E-state index is -0.716. The molecule has 0 radical (unpaired) electrons. The molecule has 4 rings (SSSR count). The van der Waals surface area contributed by atoms with Gasteiger partial charge in [-0.15, -0.1) is 11.3 Å². The average molecular weight is 383 g/mol. The molecule has 2 fully saturated rings. The second-order valence-corrected chi connectivity index (χ2v) is 7.22. The molecule has 0 spiro atoms. The van der Waals surface area contributed by atoms with Crippen molar-refractivity contribution in [1.29, 1.82) is 0 Å². The first-order valence-electron chi connectivity index (χ1n) is 8.05. The third-order valence-corrected chi connectivity index (χ3v) is 5.38. The summed E-state index contributed by atoms with van der Waals surface area (Å²) in [5.74, 6) is -0.291. The number of nitrogens with zero attached hydrogens (tertiary/aromatic N) is 2.